The van der Waals surface area contributed by atoms with Crippen molar-refractivity contribution in [1.82, 2.24) is 10.3 Å². The number of nitrogens with one attached hydrogen (secondary N) is 1. The molecule has 3 N–H and O–H groups in total. The summed E-state index contributed by atoms with van der Waals surface area (Å²) in [5.74, 6) is -0.230. The molecule has 0 aromatic carbocycles. The molecule has 0 fully saturated rings. The highest BCUT2D eigenvalue weighted by atomic mass is 16.1. The Morgan fingerprint density at radius 3 is 2.15 bits per heavy atom. The van der Waals surface area contributed by atoms with E-state index in [1.54, 1.807) is 6.20 Å². The molecule has 1 aromatic heterocycles. The van der Waals surface area contributed by atoms with Gasteiger partial charge < -0.3 is 11.1 Å². The molecule has 0 aliphatic carbocycles. The minimum absolute atomic E-state index is 0.160. The van der Waals surface area contributed by atoms with Gasteiger partial charge in [-0.25, -0.2) is 0 Å². The van der Waals surface area contributed by atoms with Gasteiger partial charge in [0.05, 0.1) is 5.69 Å². The molecule has 1 rings (SSSR count). The second-order valence-electron chi connectivity index (χ2n) is 7.39. The number of hydrogen-bond acceptors (Lipinski definition) is 3. The smallest absolute Gasteiger partial charge is 0.218 e. The van der Waals surface area contributed by atoms with Crippen LogP contribution in [0.4, 0.5) is 0 Å². The first kappa shape index (κ1) is 22.6. The summed E-state index contributed by atoms with van der Waals surface area (Å²) < 4.78 is 0. The van der Waals surface area contributed by atoms with Gasteiger partial charge in [0.2, 0.25) is 5.91 Å². The normalized spacial score (nSPS) is 12.2. The number of unbranched alkanes of at least 4 members (excludes halogenated alkanes) is 10. The van der Waals surface area contributed by atoms with Crippen molar-refractivity contribution in [3.63, 3.8) is 0 Å². The van der Waals surface area contributed by atoms with E-state index in [9.17, 15) is 4.79 Å². The van der Waals surface area contributed by atoms with Gasteiger partial charge in [0.1, 0.15) is 0 Å². The molecule has 0 spiro atoms. The molecule has 0 saturated carbocycles. The summed E-state index contributed by atoms with van der Waals surface area (Å²) in [7, 11) is 0. The van der Waals surface area contributed by atoms with Gasteiger partial charge in [0, 0.05) is 25.2 Å². The van der Waals surface area contributed by atoms with Crippen LogP contribution in [0, 0.1) is 0 Å². The standard InChI is InChI=1S/C22H39N3O/c1-2-3-4-5-6-7-8-9-10-11-12-15-20(18-22(23)26)25-19-21-16-13-14-17-24-21/h13-14,16-17,20,25H,2-12,15,18-19H2,1H3,(H2,23,26). The first-order valence-electron chi connectivity index (χ1n) is 10.6. The van der Waals surface area contributed by atoms with Gasteiger partial charge in [0.15, 0.2) is 0 Å². The lowest BCUT2D eigenvalue weighted by molar-refractivity contribution is -0.118. The fourth-order valence-corrected chi connectivity index (χ4v) is 3.33. The number of nitrogens with two attached hydrogens (primary N) is 1. The molecular formula is C22H39N3O. The molecule has 1 atom stereocenters. The van der Waals surface area contributed by atoms with Crippen molar-refractivity contribution in [3.8, 4) is 0 Å². The van der Waals surface area contributed by atoms with E-state index in [4.69, 9.17) is 5.73 Å². The fraction of sp³-hybridized carbons (Fsp3) is 0.727. The molecule has 4 heteroatoms. The Bertz CT molecular complexity index is 450. The highest BCUT2D eigenvalue weighted by Gasteiger charge is 2.11. The average Bonchev–Trinajstić information content (AvgIpc) is 2.64. The van der Waals surface area contributed by atoms with E-state index in [-0.39, 0.29) is 11.9 Å². The Kier molecular flexibility index (Phi) is 13.8. The topological polar surface area (TPSA) is 68.0 Å². The van der Waals surface area contributed by atoms with Crippen molar-refractivity contribution in [2.45, 2.75) is 103 Å². The van der Waals surface area contributed by atoms with Gasteiger partial charge in [0.25, 0.3) is 0 Å². The fourth-order valence-electron chi connectivity index (χ4n) is 3.33. The lowest BCUT2D eigenvalue weighted by Gasteiger charge is -2.17. The SMILES string of the molecule is CCCCCCCCCCCCCC(CC(N)=O)NCc1ccccn1. The molecule has 1 heterocycles. The minimum atomic E-state index is -0.230. The summed E-state index contributed by atoms with van der Waals surface area (Å²) in [4.78, 5) is 15.6. The molecule has 0 saturated heterocycles. The average molecular weight is 362 g/mol. The van der Waals surface area contributed by atoms with E-state index >= 15 is 0 Å². The quantitative estimate of drug-likeness (QED) is 0.379. The van der Waals surface area contributed by atoms with E-state index in [0.29, 0.717) is 13.0 Å². The largest absolute Gasteiger partial charge is 0.370 e. The Labute approximate surface area is 160 Å². The second-order valence-corrected chi connectivity index (χ2v) is 7.39. The maximum atomic E-state index is 11.3. The maximum Gasteiger partial charge on any atom is 0.218 e. The Hall–Kier alpha value is -1.42. The van der Waals surface area contributed by atoms with Crippen LogP contribution in [0.5, 0.6) is 0 Å². The summed E-state index contributed by atoms with van der Waals surface area (Å²) in [6.45, 7) is 2.96. The van der Waals surface area contributed by atoms with Gasteiger partial charge in [-0.3, -0.25) is 9.78 Å². The van der Waals surface area contributed by atoms with E-state index in [1.807, 2.05) is 18.2 Å². The summed E-state index contributed by atoms with van der Waals surface area (Å²) in [6.07, 6.45) is 17.9. The highest BCUT2D eigenvalue weighted by Crippen LogP contribution is 2.13. The lowest BCUT2D eigenvalue weighted by Crippen LogP contribution is -2.33. The van der Waals surface area contributed by atoms with Crippen LogP contribution >= 0.6 is 0 Å². The molecule has 1 amide bonds. The third kappa shape index (κ3) is 12.9. The van der Waals surface area contributed by atoms with Crippen LogP contribution in [0.2, 0.25) is 0 Å². The van der Waals surface area contributed by atoms with Crippen molar-refractivity contribution >= 4 is 5.91 Å². The first-order valence-corrected chi connectivity index (χ1v) is 10.6. The van der Waals surface area contributed by atoms with Crippen molar-refractivity contribution in [2.75, 3.05) is 0 Å². The molecule has 1 unspecified atom stereocenters. The van der Waals surface area contributed by atoms with Gasteiger partial charge >= 0.3 is 0 Å². The first-order chi connectivity index (χ1) is 12.7. The van der Waals surface area contributed by atoms with E-state index in [1.165, 1.54) is 64.2 Å². The number of carbonyl (C=O) groups excluding carboxylic acids is 1. The van der Waals surface area contributed by atoms with Gasteiger partial charge in [-0.15, -0.1) is 0 Å². The summed E-state index contributed by atoms with van der Waals surface area (Å²) in [6, 6.07) is 6.05. The lowest BCUT2D eigenvalue weighted by atomic mass is 10.0. The number of amides is 1. The highest BCUT2D eigenvalue weighted by molar-refractivity contribution is 5.74. The predicted octanol–water partition coefficient (Wildman–Crippen LogP) is 5.12. The molecule has 0 aliphatic heterocycles. The van der Waals surface area contributed by atoms with Crippen LogP contribution in [-0.2, 0) is 11.3 Å². The molecule has 148 valence electrons. The predicted molar refractivity (Wildman–Crippen MR) is 110 cm³/mol. The molecular weight excluding hydrogens is 322 g/mol. The number of nitrogens with zero attached hydrogens (tertiary/aromatic N) is 1. The number of hydrogen-bond donors (Lipinski definition) is 2. The molecule has 1 aromatic rings. The van der Waals surface area contributed by atoms with Gasteiger partial charge in [-0.05, 0) is 18.6 Å². The third-order valence-electron chi connectivity index (χ3n) is 4.90. The monoisotopic (exact) mass is 361 g/mol. The van der Waals surface area contributed by atoms with E-state index < -0.39 is 0 Å². The van der Waals surface area contributed by atoms with Crippen molar-refractivity contribution < 1.29 is 4.79 Å². The second kappa shape index (κ2) is 15.8. The van der Waals surface area contributed by atoms with Gasteiger partial charge in [-0.1, -0.05) is 83.6 Å². The van der Waals surface area contributed by atoms with Crippen LogP contribution in [0.3, 0.4) is 0 Å². The zero-order valence-corrected chi connectivity index (χ0v) is 16.7. The molecule has 0 radical (unpaired) electrons. The van der Waals surface area contributed by atoms with Crippen LogP contribution in [0.25, 0.3) is 0 Å². The van der Waals surface area contributed by atoms with Crippen LogP contribution in [-0.4, -0.2) is 16.9 Å². The third-order valence-corrected chi connectivity index (χ3v) is 4.90. The zero-order chi connectivity index (χ0) is 18.9. The van der Waals surface area contributed by atoms with Crippen LogP contribution in [0.15, 0.2) is 24.4 Å². The molecule has 26 heavy (non-hydrogen) atoms. The van der Waals surface area contributed by atoms with Gasteiger partial charge in [-0.2, -0.15) is 0 Å². The van der Waals surface area contributed by atoms with Crippen molar-refractivity contribution in [3.05, 3.63) is 30.1 Å². The number of rotatable bonds is 17. The minimum Gasteiger partial charge on any atom is -0.370 e. The van der Waals surface area contributed by atoms with Crippen molar-refractivity contribution in [2.24, 2.45) is 5.73 Å². The Morgan fingerprint density at radius 2 is 1.62 bits per heavy atom. The molecule has 0 bridgehead atoms. The summed E-state index contributed by atoms with van der Waals surface area (Å²) in [5, 5.41) is 3.44. The maximum absolute atomic E-state index is 11.3. The Balaban J connectivity index is 2.05. The number of pyridine rings is 1. The number of primary amides is 1. The zero-order valence-electron chi connectivity index (χ0n) is 16.7. The molecule has 4 nitrogen and oxygen atoms in total. The van der Waals surface area contributed by atoms with Crippen molar-refractivity contribution in [1.29, 1.82) is 0 Å². The molecule has 0 aliphatic rings. The number of carbonyl (C=O) groups is 1. The number of aromatic nitrogens is 1. The van der Waals surface area contributed by atoms with Crippen LogP contribution in [0.1, 0.15) is 96.1 Å². The summed E-state index contributed by atoms with van der Waals surface area (Å²) in [5.41, 5.74) is 6.40. The van der Waals surface area contributed by atoms with E-state index in [0.717, 1.165) is 18.5 Å². The Morgan fingerprint density at radius 1 is 1.00 bits per heavy atom. The van der Waals surface area contributed by atoms with E-state index in [2.05, 4.69) is 17.2 Å². The van der Waals surface area contributed by atoms with Crippen LogP contribution < -0.4 is 11.1 Å². The summed E-state index contributed by atoms with van der Waals surface area (Å²) >= 11 is 0.